The van der Waals surface area contributed by atoms with Crippen LogP contribution in [-0.4, -0.2) is 60.0 Å². The smallest absolute Gasteiger partial charge is 0.125 e. The number of pyridine rings is 4. The Morgan fingerprint density at radius 1 is 0.202 bits per heavy atom. The third kappa shape index (κ3) is 25.2. The van der Waals surface area contributed by atoms with Crippen LogP contribution in [0.2, 0.25) is 0 Å². The van der Waals surface area contributed by atoms with Gasteiger partial charge in [0.2, 0.25) is 0 Å². The van der Waals surface area contributed by atoms with Crippen molar-refractivity contribution in [1.29, 1.82) is 0 Å². The summed E-state index contributed by atoms with van der Waals surface area (Å²) in [6, 6.07) is 34.9. The van der Waals surface area contributed by atoms with Gasteiger partial charge in [-0.15, -0.1) is 0 Å². The Bertz CT molecular complexity index is 3190. The van der Waals surface area contributed by atoms with Crippen molar-refractivity contribution in [1.82, 2.24) is 60.0 Å². The number of aryl methyl sites for hydroxylation is 12. The number of rotatable bonds is 0. The Hall–Kier alpha value is -8.64. The maximum Gasteiger partial charge on any atom is 0.125 e. The van der Waals surface area contributed by atoms with E-state index in [9.17, 15) is 0 Å². The van der Waals surface area contributed by atoms with E-state index >= 15 is 0 Å². The summed E-state index contributed by atoms with van der Waals surface area (Å²) in [5, 5.41) is 14.9. The molecular weight excluding hydrogens is 1030 g/mol. The number of nitrogens with zero attached hydrogens (tertiary/aromatic N) is 12. The van der Waals surface area contributed by atoms with Gasteiger partial charge in [0.15, 0.2) is 0 Å². The minimum Gasteiger partial charge on any atom is -0.261 e. The van der Waals surface area contributed by atoms with Crippen LogP contribution in [0, 0.1) is 83.1 Å². The van der Waals surface area contributed by atoms with E-state index in [1.54, 1.807) is 6.20 Å². The predicted molar refractivity (Wildman–Crippen MR) is 362 cm³/mol. The van der Waals surface area contributed by atoms with Gasteiger partial charge in [0.05, 0.1) is 44.5 Å². The zero-order chi connectivity index (χ0) is 63.3. The Labute approximate surface area is 503 Å². The van der Waals surface area contributed by atoms with Crippen LogP contribution >= 0.6 is 0 Å². The molecule has 0 aliphatic carbocycles. The van der Waals surface area contributed by atoms with Crippen molar-refractivity contribution in [3.63, 3.8) is 0 Å². The Morgan fingerprint density at radius 3 is 1.17 bits per heavy atom. The number of hydrogen-bond acceptors (Lipinski definition) is 12. The van der Waals surface area contributed by atoms with Crippen molar-refractivity contribution in [3.8, 4) is 0 Å². The van der Waals surface area contributed by atoms with Gasteiger partial charge in [0, 0.05) is 92.8 Å². The topological polar surface area (TPSA) is 155 Å². The third-order valence-electron chi connectivity index (χ3n) is 11.1. The molecule has 84 heavy (non-hydrogen) atoms. The molecule has 0 aliphatic rings. The second kappa shape index (κ2) is 40.5. The Kier molecular flexibility index (Phi) is 35.4. The zero-order valence-electron chi connectivity index (χ0n) is 55.2. The van der Waals surface area contributed by atoms with Crippen molar-refractivity contribution < 1.29 is 0 Å². The van der Waals surface area contributed by atoms with Gasteiger partial charge < -0.3 is 0 Å². The van der Waals surface area contributed by atoms with Crippen molar-refractivity contribution in [3.05, 3.63) is 214 Å². The molecule has 0 amide bonds. The molecule has 12 heteroatoms. The first-order valence-corrected chi connectivity index (χ1v) is 29.7. The number of aromatic nitrogens is 12. The van der Waals surface area contributed by atoms with Crippen molar-refractivity contribution >= 4 is 65.4 Å². The molecular formula is C72H96N12. The van der Waals surface area contributed by atoms with Crippen LogP contribution in [0.3, 0.4) is 0 Å². The molecule has 444 valence electrons. The average Bonchev–Trinajstić information content (AvgIpc) is 3.69. The van der Waals surface area contributed by atoms with Crippen molar-refractivity contribution in [2.45, 2.75) is 166 Å². The highest BCUT2D eigenvalue weighted by Gasteiger charge is 2.00. The van der Waals surface area contributed by atoms with E-state index in [-0.39, 0.29) is 0 Å². The van der Waals surface area contributed by atoms with E-state index in [4.69, 9.17) is 0 Å². The molecule has 0 aliphatic heterocycles. The molecule has 12 rings (SSSR count). The van der Waals surface area contributed by atoms with E-state index in [1.807, 2.05) is 230 Å². The summed E-state index contributed by atoms with van der Waals surface area (Å²) in [6.07, 6.45) is 13.0. The lowest BCUT2D eigenvalue weighted by Gasteiger charge is -1.98. The van der Waals surface area contributed by atoms with Gasteiger partial charge >= 0.3 is 0 Å². The minimum absolute atomic E-state index is 0.825. The Morgan fingerprint density at radius 2 is 0.595 bits per heavy atom. The van der Waals surface area contributed by atoms with Gasteiger partial charge in [-0.3, -0.25) is 24.9 Å². The molecule has 8 aromatic heterocycles. The minimum atomic E-state index is 0.825. The zero-order valence-corrected chi connectivity index (χ0v) is 55.2. The fourth-order valence-corrected chi connectivity index (χ4v) is 7.44. The molecule has 12 aromatic rings. The van der Waals surface area contributed by atoms with Crippen LogP contribution in [-0.2, 0) is 0 Å². The monoisotopic (exact) mass is 1130 g/mol. The van der Waals surface area contributed by atoms with Crippen LogP contribution in [0.25, 0.3) is 65.4 Å². The first kappa shape index (κ1) is 73.4. The Balaban J connectivity index is 0.000000486. The standard InChI is InChI=1S/6C10H10N2.6C2H6/c1-7-3-9-6-12-8(2)4-10(9)5-11-7;1-7-3-9-6-11-8(2)4-10(9)12-5-7;1-7-3-4-10-9(5-7)6-11-8(2)12-10;1-7-3-4-9-6-11-8(2)12-10(9)5-7;1-7-3-4-10-9(5-7)6-8(2)11-12-10;1-7-3-4-9-10(5-7)12-8(2)6-11-9;6*1-2/h6*3-6H,1-2H3;6*1-2H3. The predicted octanol–water partition coefficient (Wildman–Crippen LogP) is 19.6. The largest absolute Gasteiger partial charge is 0.261 e. The molecule has 0 saturated heterocycles. The maximum atomic E-state index is 4.37. The molecule has 0 bridgehead atoms. The first-order valence-electron chi connectivity index (χ1n) is 29.7. The molecule has 0 saturated carbocycles. The first-order chi connectivity index (χ1) is 40.5. The van der Waals surface area contributed by atoms with E-state index in [1.165, 1.54) is 33.2 Å². The van der Waals surface area contributed by atoms with E-state index in [0.717, 1.165) is 100 Å². The highest BCUT2D eigenvalue weighted by molar-refractivity contribution is 5.82. The number of benzene rings is 4. The second-order valence-corrected chi connectivity index (χ2v) is 18.0. The molecule has 0 unspecified atom stereocenters. The fraction of sp³-hybridized carbons (Fsp3) is 0.333. The van der Waals surface area contributed by atoms with Crippen LogP contribution in [0.4, 0.5) is 0 Å². The number of fused-ring (bicyclic) bond motifs is 6. The quantitative estimate of drug-likeness (QED) is 0.142. The summed E-state index contributed by atoms with van der Waals surface area (Å²) < 4.78 is 0. The van der Waals surface area contributed by atoms with E-state index in [0.29, 0.717) is 0 Å². The summed E-state index contributed by atoms with van der Waals surface area (Å²) in [4.78, 5) is 42.5. The molecule has 8 heterocycles. The summed E-state index contributed by atoms with van der Waals surface area (Å²) in [5.74, 6) is 1.65. The fourth-order valence-electron chi connectivity index (χ4n) is 7.44. The SMILES string of the molecule is CC.CC.CC.CC.CC.CC.Cc1cc2cnc(C)cc2cn1.Cc1ccc2cnc(C)nc2c1.Cc1ccc2nc(C)ncc2c1.Cc1ccc2ncc(C)nc2c1.Cc1ccc2nnc(C)cc2c1.Cc1cnc2cc(C)ncc2c1. The van der Waals surface area contributed by atoms with Crippen LogP contribution in [0.5, 0.6) is 0 Å². The van der Waals surface area contributed by atoms with E-state index in [2.05, 4.69) is 136 Å². The van der Waals surface area contributed by atoms with Gasteiger partial charge in [-0.1, -0.05) is 125 Å². The summed E-state index contributed by atoms with van der Waals surface area (Å²) in [5.41, 5.74) is 17.1. The molecule has 0 radical (unpaired) electrons. The van der Waals surface area contributed by atoms with Crippen LogP contribution in [0.1, 0.15) is 151 Å². The summed E-state index contributed by atoms with van der Waals surface area (Å²) in [7, 11) is 0. The third-order valence-corrected chi connectivity index (χ3v) is 11.1. The van der Waals surface area contributed by atoms with Gasteiger partial charge in [0.1, 0.15) is 11.6 Å². The number of hydrogen-bond donors (Lipinski definition) is 0. The molecule has 0 fully saturated rings. The highest BCUT2D eigenvalue weighted by Crippen LogP contribution is 2.17. The molecule has 0 N–H and O–H groups in total. The average molecular weight is 1130 g/mol. The van der Waals surface area contributed by atoms with Gasteiger partial charge in [0.25, 0.3) is 0 Å². The van der Waals surface area contributed by atoms with Gasteiger partial charge in [-0.05, 0) is 173 Å². The van der Waals surface area contributed by atoms with E-state index < -0.39 is 0 Å². The van der Waals surface area contributed by atoms with Crippen LogP contribution < -0.4 is 0 Å². The normalized spacial score (nSPS) is 9.43. The van der Waals surface area contributed by atoms with Crippen LogP contribution in [0.15, 0.2) is 147 Å². The summed E-state index contributed by atoms with van der Waals surface area (Å²) >= 11 is 0. The lowest BCUT2D eigenvalue weighted by molar-refractivity contribution is 1.02. The summed E-state index contributed by atoms with van der Waals surface area (Å²) in [6.45, 7) is 48.0. The lowest BCUT2D eigenvalue weighted by atomic mass is 10.1. The molecule has 0 atom stereocenters. The van der Waals surface area contributed by atoms with Gasteiger partial charge in [-0.2, -0.15) is 10.2 Å². The lowest BCUT2D eigenvalue weighted by Crippen LogP contribution is -1.87. The molecule has 12 nitrogen and oxygen atoms in total. The van der Waals surface area contributed by atoms with Crippen molar-refractivity contribution in [2.75, 3.05) is 0 Å². The molecule has 0 spiro atoms. The van der Waals surface area contributed by atoms with Gasteiger partial charge in [-0.25, -0.2) is 24.9 Å². The molecule has 4 aromatic carbocycles. The second-order valence-electron chi connectivity index (χ2n) is 18.0. The highest BCUT2D eigenvalue weighted by atomic mass is 15.1. The maximum absolute atomic E-state index is 4.37. The van der Waals surface area contributed by atoms with Crippen molar-refractivity contribution in [2.24, 2.45) is 0 Å².